The summed E-state index contributed by atoms with van der Waals surface area (Å²) in [4.78, 5) is 24.8. The van der Waals surface area contributed by atoms with Crippen LogP contribution in [0.15, 0.2) is 36.7 Å². The summed E-state index contributed by atoms with van der Waals surface area (Å²) in [6.07, 6.45) is 4.66. The molecule has 0 spiro atoms. The van der Waals surface area contributed by atoms with Gasteiger partial charge in [-0.2, -0.15) is 0 Å². The van der Waals surface area contributed by atoms with Gasteiger partial charge in [0, 0.05) is 19.5 Å². The van der Waals surface area contributed by atoms with E-state index in [2.05, 4.69) is 39.1 Å². The van der Waals surface area contributed by atoms with E-state index in [0.717, 1.165) is 50.3 Å². The molecule has 5 heteroatoms. The van der Waals surface area contributed by atoms with Crippen LogP contribution in [0.1, 0.15) is 29.8 Å². The Balaban J connectivity index is 1.45. The number of carbonyl (C=O) groups is 1. The Morgan fingerprint density at radius 2 is 2.13 bits per heavy atom. The maximum atomic E-state index is 13.0. The van der Waals surface area contributed by atoms with Gasteiger partial charge < -0.3 is 9.88 Å². The smallest absolute Gasteiger partial charge is 0.240 e. The molecule has 0 aliphatic carbocycles. The first-order valence-corrected chi connectivity index (χ1v) is 8.39. The molecule has 1 N–H and O–H groups in total. The lowest BCUT2D eigenvalue weighted by Crippen LogP contribution is -2.47. The second-order valence-electron chi connectivity index (χ2n) is 6.45. The highest BCUT2D eigenvalue weighted by atomic mass is 16.2. The Hall–Kier alpha value is -2.14. The molecule has 4 rings (SSSR count). The summed E-state index contributed by atoms with van der Waals surface area (Å²) in [5.74, 6) is 0.277. The standard InChI is InChI=1S/C18H22N4O/c23-18(22-10-8-15-16(12-22)20-13-19-15)17-7-4-9-21(17)11-14-5-2-1-3-6-14/h1-3,5-6,13,17H,4,7-12H2,(H,19,20)/t17-/m0/s1. The third-order valence-corrected chi connectivity index (χ3v) is 4.96. The van der Waals surface area contributed by atoms with Crippen molar-refractivity contribution in [3.05, 3.63) is 53.6 Å². The molecule has 1 amide bonds. The van der Waals surface area contributed by atoms with Crippen LogP contribution >= 0.6 is 0 Å². The molecule has 3 heterocycles. The van der Waals surface area contributed by atoms with Crippen LogP contribution in [0.2, 0.25) is 0 Å². The normalized spacial score (nSPS) is 21.4. The quantitative estimate of drug-likeness (QED) is 0.943. The topological polar surface area (TPSA) is 52.2 Å². The first-order valence-electron chi connectivity index (χ1n) is 8.39. The average Bonchev–Trinajstić information content (AvgIpc) is 3.23. The van der Waals surface area contributed by atoms with E-state index in [1.807, 2.05) is 11.0 Å². The minimum absolute atomic E-state index is 0.0275. The largest absolute Gasteiger partial charge is 0.347 e. The molecule has 1 saturated heterocycles. The van der Waals surface area contributed by atoms with Gasteiger partial charge in [0.05, 0.1) is 30.3 Å². The predicted molar refractivity (Wildman–Crippen MR) is 87.6 cm³/mol. The average molecular weight is 310 g/mol. The zero-order chi connectivity index (χ0) is 15.6. The van der Waals surface area contributed by atoms with Gasteiger partial charge >= 0.3 is 0 Å². The van der Waals surface area contributed by atoms with Gasteiger partial charge in [-0.1, -0.05) is 30.3 Å². The molecule has 120 valence electrons. The second-order valence-corrected chi connectivity index (χ2v) is 6.45. The Morgan fingerprint density at radius 3 is 3.00 bits per heavy atom. The number of carbonyl (C=O) groups excluding carboxylic acids is 1. The summed E-state index contributed by atoms with van der Waals surface area (Å²) in [6.45, 7) is 3.32. The van der Waals surface area contributed by atoms with Gasteiger partial charge in [-0.15, -0.1) is 0 Å². The fourth-order valence-corrected chi connectivity index (χ4v) is 3.72. The molecule has 23 heavy (non-hydrogen) atoms. The highest BCUT2D eigenvalue weighted by Crippen LogP contribution is 2.24. The zero-order valence-corrected chi connectivity index (χ0v) is 13.2. The van der Waals surface area contributed by atoms with Crippen molar-refractivity contribution < 1.29 is 4.79 Å². The van der Waals surface area contributed by atoms with Crippen molar-refractivity contribution in [2.75, 3.05) is 13.1 Å². The molecule has 1 aromatic carbocycles. The van der Waals surface area contributed by atoms with Gasteiger partial charge in [-0.05, 0) is 24.9 Å². The molecule has 5 nitrogen and oxygen atoms in total. The fourth-order valence-electron chi connectivity index (χ4n) is 3.72. The van der Waals surface area contributed by atoms with Crippen molar-refractivity contribution in [3.8, 4) is 0 Å². The van der Waals surface area contributed by atoms with Crippen molar-refractivity contribution in [2.24, 2.45) is 0 Å². The van der Waals surface area contributed by atoms with Crippen LogP contribution in [-0.2, 0) is 24.3 Å². The molecule has 2 aromatic rings. The highest BCUT2D eigenvalue weighted by Gasteiger charge is 2.35. The molecule has 2 aliphatic heterocycles. The number of nitrogens with one attached hydrogen (secondary N) is 1. The maximum Gasteiger partial charge on any atom is 0.240 e. The maximum absolute atomic E-state index is 13.0. The van der Waals surface area contributed by atoms with E-state index < -0.39 is 0 Å². The van der Waals surface area contributed by atoms with E-state index in [9.17, 15) is 4.79 Å². The van der Waals surface area contributed by atoms with E-state index in [1.54, 1.807) is 6.33 Å². The lowest BCUT2D eigenvalue weighted by Gasteiger charge is -2.32. The number of amides is 1. The van der Waals surface area contributed by atoms with Gasteiger partial charge in [-0.25, -0.2) is 4.98 Å². The van der Waals surface area contributed by atoms with Gasteiger partial charge in [0.2, 0.25) is 5.91 Å². The van der Waals surface area contributed by atoms with Crippen LogP contribution in [0.3, 0.4) is 0 Å². The van der Waals surface area contributed by atoms with Crippen LogP contribution < -0.4 is 0 Å². The number of benzene rings is 1. The Kier molecular flexibility index (Phi) is 3.87. The van der Waals surface area contributed by atoms with E-state index in [4.69, 9.17) is 0 Å². The summed E-state index contributed by atoms with van der Waals surface area (Å²) in [5, 5.41) is 0. The number of rotatable bonds is 3. The number of likely N-dealkylation sites (tertiary alicyclic amines) is 1. The van der Waals surface area contributed by atoms with Crippen LogP contribution in [0, 0.1) is 0 Å². The SMILES string of the molecule is O=C([C@@H]1CCCN1Cc1ccccc1)N1CCc2nc[nH]c2C1. The second kappa shape index (κ2) is 6.16. The van der Waals surface area contributed by atoms with Crippen molar-refractivity contribution in [2.45, 2.75) is 38.4 Å². The van der Waals surface area contributed by atoms with Crippen LogP contribution in [0.4, 0.5) is 0 Å². The summed E-state index contributed by atoms with van der Waals surface area (Å²) >= 11 is 0. The molecular weight excluding hydrogens is 288 g/mol. The summed E-state index contributed by atoms with van der Waals surface area (Å²) in [7, 11) is 0. The van der Waals surface area contributed by atoms with Crippen LogP contribution in [0.5, 0.6) is 0 Å². The molecule has 1 atom stereocenters. The summed E-state index contributed by atoms with van der Waals surface area (Å²) in [6, 6.07) is 10.5. The van der Waals surface area contributed by atoms with Crippen molar-refractivity contribution >= 4 is 5.91 Å². The molecule has 0 saturated carbocycles. The van der Waals surface area contributed by atoms with Crippen LogP contribution in [-0.4, -0.2) is 44.8 Å². The van der Waals surface area contributed by atoms with E-state index in [-0.39, 0.29) is 11.9 Å². The first-order chi connectivity index (χ1) is 11.3. The number of nitrogens with zero attached hydrogens (tertiary/aromatic N) is 3. The molecular formula is C18H22N4O. The number of imidazole rings is 1. The van der Waals surface area contributed by atoms with E-state index >= 15 is 0 Å². The highest BCUT2D eigenvalue weighted by molar-refractivity contribution is 5.82. The lowest BCUT2D eigenvalue weighted by atomic mass is 10.1. The number of hydrogen-bond donors (Lipinski definition) is 1. The minimum Gasteiger partial charge on any atom is -0.347 e. The van der Waals surface area contributed by atoms with Crippen molar-refractivity contribution in [1.29, 1.82) is 0 Å². The van der Waals surface area contributed by atoms with Gasteiger partial charge in [0.1, 0.15) is 0 Å². The first kappa shape index (κ1) is 14.5. The molecule has 0 unspecified atom stereocenters. The molecule has 0 bridgehead atoms. The van der Waals surface area contributed by atoms with Gasteiger partial charge in [0.15, 0.2) is 0 Å². The van der Waals surface area contributed by atoms with Crippen LogP contribution in [0.25, 0.3) is 0 Å². The summed E-state index contributed by atoms with van der Waals surface area (Å²) in [5.41, 5.74) is 3.49. The third-order valence-electron chi connectivity index (χ3n) is 4.96. The Morgan fingerprint density at radius 1 is 1.26 bits per heavy atom. The number of aromatic amines is 1. The molecule has 1 fully saturated rings. The van der Waals surface area contributed by atoms with Gasteiger partial charge in [-0.3, -0.25) is 9.69 Å². The monoisotopic (exact) mass is 310 g/mol. The number of aromatic nitrogens is 2. The lowest BCUT2D eigenvalue weighted by molar-refractivity contribution is -0.137. The fraction of sp³-hybridized carbons (Fsp3) is 0.444. The predicted octanol–water partition coefficient (Wildman–Crippen LogP) is 1.96. The van der Waals surface area contributed by atoms with E-state index in [1.165, 1.54) is 5.56 Å². The van der Waals surface area contributed by atoms with E-state index in [0.29, 0.717) is 6.54 Å². The van der Waals surface area contributed by atoms with Crippen molar-refractivity contribution in [1.82, 2.24) is 19.8 Å². The molecule has 1 aromatic heterocycles. The number of fused-ring (bicyclic) bond motifs is 1. The molecule has 2 aliphatic rings. The number of hydrogen-bond acceptors (Lipinski definition) is 3. The zero-order valence-electron chi connectivity index (χ0n) is 13.2. The molecule has 0 radical (unpaired) electrons. The van der Waals surface area contributed by atoms with Gasteiger partial charge in [0.25, 0.3) is 0 Å². The third kappa shape index (κ3) is 2.88. The Bertz CT molecular complexity index is 681. The van der Waals surface area contributed by atoms with Crippen molar-refractivity contribution in [3.63, 3.8) is 0 Å². The Labute approximate surface area is 136 Å². The number of H-pyrrole nitrogens is 1. The summed E-state index contributed by atoms with van der Waals surface area (Å²) < 4.78 is 0. The minimum atomic E-state index is 0.0275.